The first-order chi connectivity index (χ1) is 9.35. The lowest BCUT2D eigenvalue weighted by molar-refractivity contribution is 0.0696. The molecule has 0 amide bonds. The molecule has 0 unspecified atom stereocenters. The van der Waals surface area contributed by atoms with E-state index in [4.69, 9.17) is 5.11 Å². The summed E-state index contributed by atoms with van der Waals surface area (Å²) in [5, 5.41) is 8.97. The summed E-state index contributed by atoms with van der Waals surface area (Å²) in [7, 11) is 0. The van der Waals surface area contributed by atoms with Crippen molar-refractivity contribution >= 4 is 5.97 Å². The Bertz CT molecular complexity index is 499. The van der Waals surface area contributed by atoms with E-state index in [1.165, 1.54) is 12.5 Å². The summed E-state index contributed by atoms with van der Waals surface area (Å²) in [6, 6.07) is 4.07. The Labute approximate surface area is 119 Å². The van der Waals surface area contributed by atoms with E-state index in [-0.39, 0.29) is 5.56 Å². The number of carbonyl (C=O) groups is 1. The van der Waals surface area contributed by atoms with Crippen LogP contribution in [0.4, 0.5) is 4.39 Å². The first-order valence-corrected chi connectivity index (χ1v) is 7.11. The van der Waals surface area contributed by atoms with Crippen LogP contribution in [0.25, 0.3) is 0 Å². The highest BCUT2D eigenvalue weighted by atomic mass is 19.1. The van der Waals surface area contributed by atoms with Crippen molar-refractivity contribution in [1.29, 1.82) is 0 Å². The minimum atomic E-state index is -1.08. The Morgan fingerprint density at radius 1 is 1.30 bits per heavy atom. The molecule has 2 rings (SSSR count). The van der Waals surface area contributed by atoms with Gasteiger partial charge in [-0.05, 0) is 61.5 Å². The Balaban J connectivity index is 2.08. The van der Waals surface area contributed by atoms with Gasteiger partial charge in [-0.15, -0.1) is 0 Å². The molecular formula is C16H22FNO2. The molecule has 1 aliphatic rings. The van der Waals surface area contributed by atoms with Gasteiger partial charge in [0.2, 0.25) is 0 Å². The Hall–Kier alpha value is -1.42. The van der Waals surface area contributed by atoms with Crippen molar-refractivity contribution in [1.82, 2.24) is 4.90 Å². The molecule has 0 radical (unpaired) electrons. The molecule has 0 aliphatic carbocycles. The number of benzene rings is 1. The van der Waals surface area contributed by atoms with Crippen molar-refractivity contribution in [3.8, 4) is 0 Å². The molecule has 3 nitrogen and oxygen atoms in total. The fraction of sp³-hybridized carbons (Fsp3) is 0.562. The average molecular weight is 279 g/mol. The zero-order valence-electron chi connectivity index (χ0n) is 12.2. The maximum atomic E-state index is 13.5. The predicted octanol–water partition coefficient (Wildman–Crippen LogP) is 3.54. The molecule has 4 heteroatoms. The molecule has 110 valence electrons. The van der Waals surface area contributed by atoms with Crippen LogP contribution in [0.2, 0.25) is 0 Å². The number of rotatable bonds is 3. The Morgan fingerprint density at radius 2 is 2.05 bits per heavy atom. The van der Waals surface area contributed by atoms with Crippen molar-refractivity contribution < 1.29 is 14.3 Å². The molecule has 0 spiro atoms. The fourth-order valence-corrected chi connectivity index (χ4v) is 2.76. The second kappa shape index (κ2) is 5.92. The summed E-state index contributed by atoms with van der Waals surface area (Å²) in [4.78, 5) is 13.2. The highest BCUT2D eigenvalue weighted by Gasteiger charge is 2.23. The molecule has 0 aromatic heterocycles. The van der Waals surface area contributed by atoms with Crippen LogP contribution in [0.15, 0.2) is 18.2 Å². The molecule has 1 fully saturated rings. The zero-order chi connectivity index (χ0) is 14.8. The maximum Gasteiger partial charge on any atom is 0.335 e. The monoisotopic (exact) mass is 279 g/mol. The van der Waals surface area contributed by atoms with Crippen LogP contribution in [0, 0.1) is 11.2 Å². The number of hydrogen-bond acceptors (Lipinski definition) is 2. The lowest BCUT2D eigenvalue weighted by Gasteiger charge is -2.23. The zero-order valence-corrected chi connectivity index (χ0v) is 12.2. The van der Waals surface area contributed by atoms with Crippen LogP contribution in [-0.2, 0) is 6.54 Å². The molecule has 1 saturated heterocycles. The van der Waals surface area contributed by atoms with Crippen LogP contribution in [0.5, 0.6) is 0 Å². The maximum absolute atomic E-state index is 13.5. The van der Waals surface area contributed by atoms with Gasteiger partial charge in [-0.1, -0.05) is 13.8 Å². The van der Waals surface area contributed by atoms with E-state index < -0.39 is 11.8 Å². The van der Waals surface area contributed by atoms with Crippen LogP contribution < -0.4 is 0 Å². The summed E-state index contributed by atoms with van der Waals surface area (Å²) >= 11 is 0. The summed E-state index contributed by atoms with van der Waals surface area (Å²) in [6.45, 7) is 7.14. The lowest BCUT2D eigenvalue weighted by atomic mass is 9.85. The largest absolute Gasteiger partial charge is 0.478 e. The molecule has 0 atom stereocenters. The van der Waals surface area contributed by atoms with Crippen LogP contribution in [0.3, 0.4) is 0 Å². The van der Waals surface area contributed by atoms with Crippen LogP contribution in [0.1, 0.15) is 49.0 Å². The van der Waals surface area contributed by atoms with Crippen molar-refractivity contribution in [3.05, 3.63) is 35.1 Å². The van der Waals surface area contributed by atoms with E-state index in [0.717, 1.165) is 37.6 Å². The first kappa shape index (κ1) is 15.0. The van der Waals surface area contributed by atoms with E-state index in [0.29, 0.717) is 12.0 Å². The number of carboxylic acids is 1. The minimum Gasteiger partial charge on any atom is -0.478 e. The predicted molar refractivity (Wildman–Crippen MR) is 76.3 cm³/mol. The first-order valence-electron chi connectivity index (χ1n) is 7.11. The molecule has 0 bridgehead atoms. The van der Waals surface area contributed by atoms with Crippen LogP contribution >= 0.6 is 0 Å². The quantitative estimate of drug-likeness (QED) is 0.920. The molecule has 1 aliphatic heterocycles. The van der Waals surface area contributed by atoms with Gasteiger partial charge in [0.1, 0.15) is 5.82 Å². The number of likely N-dealkylation sites (tertiary alicyclic amines) is 1. The lowest BCUT2D eigenvalue weighted by Crippen LogP contribution is -2.25. The number of hydrogen-bond donors (Lipinski definition) is 1. The van der Waals surface area contributed by atoms with Crippen molar-refractivity contribution in [2.24, 2.45) is 5.41 Å². The van der Waals surface area contributed by atoms with Gasteiger partial charge < -0.3 is 5.11 Å². The van der Waals surface area contributed by atoms with Crippen molar-refractivity contribution in [2.45, 2.75) is 39.7 Å². The van der Waals surface area contributed by atoms with Gasteiger partial charge in [-0.2, -0.15) is 0 Å². The van der Waals surface area contributed by atoms with Gasteiger partial charge in [0.25, 0.3) is 0 Å². The summed E-state index contributed by atoms with van der Waals surface area (Å²) in [5.41, 5.74) is 1.13. The third-order valence-corrected chi connectivity index (χ3v) is 4.04. The second-order valence-electron chi connectivity index (χ2n) is 6.45. The summed E-state index contributed by atoms with van der Waals surface area (Å²) in [5.74, 6) is -1.56. The van der Waals surface area contributed by atoms with Gasteiger partial charge in [0.05, 0.1) is 5.56 Å². The molecule has 20 heavy (non-hydrogen) atoms. The molecule has 0 saturated carbocycles. The van der Waals surface area contributed by atoms with Gasteiger partial charge in [-0.25, -0.2) is 9.18 Å². The number of carboxylic acid groups (broad SMARTS) is 1. The smallest absolute Gasteiger partial charge is 0.335 e. The standard InChI is InChI=1S/C16H22FNO2/c1-16(2)4-3-6-18(7-5-16)11-12-8-13(15(19)20)10-14(17)9-12/h8-10H,3-7,11H2,1-2H3,(H,19,20). The highest BCUT2D eigenvalue weighted by Crippen LogP contribution is 2.30. The van der Waals surface area contributed by atoms with E-state index in [1.54, 1.807) is 6.07 Å². The average Bonchev–Trinajstić information content (AvgIpc) is 2.50. The van der Waals surface area contributed by atoms with Gasteiger partial charge in [0, 0.05) is 6.54 Å². The Morgan fingerprint density at radius 3 is 2.75 bits per heavy atom. The molecule has 1 heterocycles. The highest BCUT2D eigenvalue weighted by molar-refractivity contribution is 5.87. The number of aromatic carboxylic acids is 1. The molecule has 1 aromatic carbocycles. The summed E-state index contributed by atoms with van der Waals surface area (Å²) < 4.78 is 13.5. The van der Waals surface area contributed by atoms with Crippen LogP contribution in [-0.4, -0.2) is 29.1 Å². The number of halogens is 1. The van der Waals surface area contributed by atoms with E-state index in [9.17, 15) is 9.18 Å². The molecule has 1 aromatic rings. The topological polar surface area (TPSA) is 40.5 Å². The number of nitrogens with zero attached hydrogens (tertiary/aromatic N) is 1. The molecular weight excluding hydrogens is 257 g/mol. The molecule has 1 N–H and O–H groups in total. The van der Waals surface area contributed by atoms with E-state index in [2.05, 4.69) is 18.7 Å². The third-order valence-electron chi connectivity index (χ3n) is 4.04. The normalized spacial score (nSPS) is 19.6. The SMILES string of the molecule is CC1(C)CCCN(Cc2cc(F)cc(C(=O)O)c2)CC1. The van der Waals surface area contributed by atoms with Gasteiger partial charge in [-0.3, -0.25) is 4.90 Å². The van der Waals surface area contributed by atoms with Crippen molar-refractivity contribution in [3.63, 3.8) is 0 Å². The van der Waals surface area contributed by atoms with Gasteiger partial charge >= 0.3 is 5.97 Å². The van der Waals surface area contributed by atoms with Gasteiger partial charge in [0.15, 0.2) is 0 Å². The van der Waals surface area contributed by atoms with E-state index in [1.807, 2.05) is 0 Å². The van der Waals surface area contributed by atoms with Crippen molar-refractivity contribution in [2.75, 3.05) is 13.1 Å². The minimum absolute atomic E-state index is 0.0233. The fourth-order valence-electron chi connectivity index (χ4n) is 2.76. The second-order valence-corrected chi connectivity index (χ2v) is 6.45. The summed E-state index contributed by atoms with van der Waals surface area (Å²) in [6.07, 6.45) is 3.45. The van der Waals surface area contributed by atoms with E-state index >= 15 is 0 Å². The third kappa shape index (κ3) is 4.04. The Kier molecular flexibility index (Phi) is 4.43.